The number of oxazole rings is 1. The van der Waals surface area contributed by atoms with Crippen molar-refractivity contribution in [3.05, 3.63) is 89.5 Å². The van der Waals surface area contributed by atoms with Gasteiger partial charge in [0.1, 0.15) is 17.8 Å². The van der Waals surface area contributed by atoms with Gasteiger partial charge in [-0.3, -0.25) is 9.59 Å². The van der Waals surface area contributed by atoms with Crippen LogP contribution in [0, 0.1) is 5.82 Å². The molecule has 1 saturated heterocycles. The maximum absolute atomic E-state index is 14.3. The van der Waals surface area contributed by atoms with Gasteiger partial charge in [-0.25, -0.2) is 9.37 Å². The number of carbonyl (C=O) groups is 2. The first kappa shape index (κ1) is 26.1. The number of benzene rings is 2. The molecule has 0 unspecified atom stereocenters. The number of nitrogens with zero attached hydrogens (tertiary/aromatic N) is 4. The highest BCUT2D eigenvalue weighted by Gasteiger charge is 2.27. The molecule has 2 aromatic heterocycles. The van der Waals surface area contributed by atoms with Crippen LogP contribution in [0.15, 0.2) is 65.3 Å². The minimum Gasteiger partial charge on any atom is -0.481 e. The maximum atomic E-state index is 14.3. The van der Waals surface area contributed by atoms with Crippen molar-refractivity contribution in [3.8, 4) is 11.6 Å². The van der Waals surface area contributed by atoms with Gasteiger partial charge in [0.05, 0.1) is 7.11 Å². The lowest BCUT2D eigenvalue weighted by atomic mass is 9.89. The lowest BCUT2D eigenvalue weighted by Crippen LogP contribution is -2.38. The number of piperidine rings is 1. The van der Waals surface area contributed by atoms with Gasteiger partial charge < -0.3 is 19.4 Å². The second-order valence-electron chi connectivity index (χ2n) is 9.80. The summed E-state index contributed by atoms with van der Waals surface area (Å²) in [5, 5.41) is 7.20. The minimum absolute atomic E-state index is 0.103. The Morgan fingerprint density at radius 2 is 1.79 bits per heavy atom. The fourth-order valence-corrected chi connectivity index (χ4v) is 4.68. The van der Waals surface area contributed by atoms with E-state index in [4.69, 9.17) is 9.15 Å². The summed E-state index contributed by atoms with van der Waals surface area (Å²) < 4.78 is 26.3. The van der Waals surface area contributed by atoms with Gasteiger partial charge in [-0.1, -0.05) is 38.1 Å². The summed E-state index contributed by atoms with van der Waals surface area (Å²) in [5.74, 6) is 0.211. The Hall–Kier alpha value is -4.47. The van der Waals surface area contributed by atoms with Crippen LogP contribution in [0.2, 0.25) is 0 Å². The van der Waals surface area contributed by atoms with Crippen LogP contribution in [0.4, 0.5) is 10.1 Å². The molecule has 1 aliphatic rings. The quantitative estimate of drug-likeness (QED) is 0.342. The molecule has 1 aliphatic heterocycles. The van der Waals surface area contributed by atoms with Gasteiger partial charge in [0.15, 0.2) is 17.3 Å². The van der Waals surface area contributed by atoms with Crippen molar-refractivity contribution in [1.29, 1.82) is 0 Å². The Morgan fingerprint density at radius 1 is 1.08 bits per heavy atom. The molecule has 0 saturated carbocycles. The molecule has 1 N–H and O–H groups in total. The summed E-state index contributed by atoms with van der Waals surface area (Å²) >= 11 is 0. The summed E-state index contributed by atoms with van der Waals surface area (Å²) in [6, 6.07) is 15.5. The van der Waals surface area contributed by atoms with Crippen molar-refractivity contribution in [2.24, 2.45) is 0 Å². The SMILES string of the molecule is COc1cc(C(=O)N2CCC(c3ccc(NC(=O)c4coc(C(C)C)n4)cc3)CC2)nn1-c1ccccc1F. The van der Waals surface area contributed by atoms with Gasteiger partial charge in [0, 0.05) is 30.8 Å². The zero-order chi connectivity index (χ0) is 27.5. The molecule has 202 valence electrons. The highest BCUT2D eigenvalue weighted by molar-refractivity contribution is 6.02. The summed E-state index contributed by atoms with van der Waals surface area (Å²) in [6.45, 7) is 5.04. The molecule has 0 spiro atoms. The van der Waals surface area contributed by atoms with E-state index in [0.717, 1.165) is 18.4 Å². The Kier molecular flexibility index (Phi) is 7.44. The predicted molar refractivity (Wildman–Crippen MR) is 143 cm³/mol. The van der Waals surface area contributed by atoms with Crippen molar-refractivity contribution in [3.63, 3.8) is 0 Å². The van der Waals surface area contributed by atoms with Gasteiger partial charge in [-0.2, -0.15) is 9.78 Å². The molecule has 1 fully saturated rings. The van der Waals surface area contributed by atoms with Crippen LogP contribution in [0.1, 0.15) is 71.0 Å². The average Bonchev–Trinajstić information content (AvgIpc) is 3.62. The molecule has 39 heavy (non-hydrogen) atoms. The number of methoxy groups -OCH3 is 1. The van der Waals surface area contributed by atoms with Crippen molar-refractivity contribution in [1.82, 2.24) is 19.7 Å². The number of anilines is 1. The molecular weight excluding hydrogens is 501 g/mol. The molecule has 0 radical (unpaired) electrons. The van der Waals surface area contributed by atoms with Crippen molar-refractivity contribution < 1.29 is 23.1 Å². The largest absolute Gasteiger partial charge is 0.481 e. The highest BCUT2D eigenvalue weighted by atomic mass is 19.1. The fourth-order valence-electron chi connectivity index (χ4n) is 4.68. The number of aromatic nitrogens is 3. The number of rotatable bonds is 7. The number of carbonyl (C=O) groups excluding carboxylic acids is 2. The number of nitrogens with one attached hydrogen (secondary N) is 1. The van der Waals surface area contributed by atoms with E-state index in [1.807, 2.05) is 38.1 Å². The Bertz CT molecular complexity index is 1470. The van der Waals surface area contributed by atoms with Crippen LogP contribution < -0.4 is 10.1 Å². The van der Waals surface area contributed by atoms with Gasteiger partial charge >= 0.3 is 0 Å². The van der Waals surface area contributed by atoms with E-state index in [-0.39, 0.29) is 46.6 Å². The molecule has 4 aromatic rings. The number of halogens is 1. The first-order chi connectivity index (χ1) is 18.8. The first-order valence-corrected chi connectivity index (χ1v) is 12.9. The molecule has 0 bridgehead atoms. The van der Waals surface area contributed by atoms with Crippen LogP contribution in [0.5, 0.6) is 5.88 Å². The third-order valence-corrected chi connectivity index (χ3v) is 6.86. The molecule has 2 amide bonds. The summed E-state index contributed by atoms with van der Waals surface area (Å²) in [5.41, 5.74) is 2.49. The lowest BCUT2D eigenvalue weighted by molar-refractivity contribution is 0.0706. The van der Waals surface area contributed by atoms with Crippen LogP contribution in [0.3, 0.4) is 0 Å². The second kappa shape index (κ2) is 11.1. The van der Waals surface area contributed by atoms with Crippen LogP contribution in [-0.2, 0) is 0 Å². The van der Waals surface area contributed by atoms with Crippen LogP contribution in [-0.4, -0.2) is 51.7 Å². The van der Waals surface area contributed by atoms with E-state index in [0.29, 0.717) is 24.7 Å². The van der Waals surface area contributed by atoms with Crippen LogP contribution >= 0.6 is 0 Å². The molecule has 2 aromatic carbocycles. The number of amides is 2. The maximum Gasteiger partial charge on any atom is 0.277 e. The van der Waals surface area contributed by atoms with Crippen molar-refractivity contribution >= 4 is 17.5 Å². The number of likely N-dealkylation sites (tertiary alicyclic amines) is 1. The predicted octanol–water partition coefficient (Wildman–Crippen LogP) is 5.40. The molecule has 0 aliphatic carbocycles. The Morgan fingerprint density at radius 3 is 2.44 bits per heavy atom. The van der Waals surface area contributed by atoms with E-state index in [2.05, 4.69) is 15.4 Å². The summed E-state index contributed by atoms with van der Waals surface area (Å²) in [4.78, 5) is 31.7. The van der Waals surface area contributed by atoms with E-state index < -0.39 is 5.82 Å². The standard InChI is InChI=1S/C29H30FN5O4/c1-18(2)28-32-24(17-39-28)27(36)31-21-10-8-19(9-11-21)20-12-14-34(15-13-20)29(37)23-16-26(38-3)35(33-23)25-7-5-4-6-22(25)30/h4-11,16-18,20H,12-15H2,1-3H3,(H,31,36). The third-order valence-electron chi connectivity index (χ3n) is 6.86. The lowest BCUT2D eigenvalue weighted by Gasteiger charge is -2.31. The zero-order valence-electron chi connectivity index (χ0n) is 22.1. The molecule has 10 heteroatoms. The number of ether oxygens (including phenoxy) is 1. The smallest absolute Gasteiger partial charge is 0.277 e. The van der Waals surface area contributed by atoms with Gasteiger partial charge in [-0.05, 0) is 48.6 Å². The summed E-state index contributed by atoms with van der Waals surface area (Å²) in [6.07, 6.45) is 2.95. The molecular formula is C29H30FN5O4. The molecule has 5 rings (SSSR count). The van der Waals surface area contributed by atoms with E-state index >= 15 is 0 Å². The monoisotopic (exact) mass is 531 g/mol. The zero-order valence-corrected chi connectivity index (χ0v) is 22.1. The topological polar surface area (TPSA) is 102 Å². The number of para-hydroxylation sites is 1. The highest BCUT2D eigenvalue weighted by Crippen LogP contribution is 2.30. The Balaban J connectivity index is 1.19. The first-order valence-electron chi connectivity index (χ1n) is 12.9. The second-order valence-corrected chi connectivity index (χ2v) is 9.80. The van der Waals surface area contributed by atoms with E-state index in [1.54, 1.807) is 23.1 Å². The van der Waals surface area contributed by atoms with E-state index in [9.17, 15) is 14.0 Å². The molecule has 9 nitrogen and oxygen atoms in total. The Labute approximate surface area is 225 Å². The molecule has 0 atom stereocenters. The van der Waals surface area contributed by atoms with Crippen molar-refractivity contribution in [2.45, 2.75) is 38.5 Å². The third kappa shape index (κ3) is 5.55. The van der Waals surface area contributed by atoms with Gasteiger partial charge in [-0.15, -0.1) is 0 Å². The number of hydrogen-bond acceptors (Lipinski definition) is 6. The van der Waals surface area contributed by atoms with E-state index in [1.165, 1.54) is 30.2 Å². The normalized spacial score (nSPS) is 14.0. The number of hydrogen-bond donors (Lipinski definition) is 1. The fraction of sp³-hybridized carbons (Fsp3) is 0.310. The van der Waals surface area contributed by atoms with Crippen LogP contribution in [0.25, 0.3) is 5.69 Å². The molecule has 3 heterocycles. The minimum atomic E-state index is -0.456. The van der Waals surface area contributed by atoms with Crippen molar-refractivity contribution in [2.75, 3.05) is 25.5 Å². The average molecular weight is 532 g/mol. The van der Waals surface area contributed by atoms with Gasteiger partial charge in [0.2, 0.25) is 5.88 Å². The summed E-state index contributed by atoms with van der Waals surface area (Å²) in [7, 11) is 1.46. The van der Waals surface area contributed by atoms with Gasteiger partial charge in [0.25, 0.3) is 11.8 Å².